The van der Waals surface area contributed by atoms with Gasteiger partial charge in [0.15, 0.2) is 0 Å². The predicted molar refractivity (Wildman–Crippen MR) is 78.1 cm³/mol. The van der Waals surface area contributed by atoms with Crippen LogP contribution in [0.25, 0.3) is 0 Å². The highest BCUT2D eigenvalue weighted by molar-refractivity contribution is 8.00. The van der Waals surface area contributed by atoms with Crippen molar-refractivity contribution in [2.24, 2.45) is 11.8 Å². The molecule has 0 saturated heterocycles. The van der Waals surface area contributed by atoms with Crippen LogP contribution < -0.4 is 0 Å². The van der Waals surface area contributed by atoms with Crippen molar-refractivity contribution in [1.82, 2.24) is 0 Å². The van der Waals surface area contributed by atoms with Crippen LogP contribution in [0, 0.1) is 11.8 Å². The van der Waals surface area contributed by atoms with Gasteiger partial charge in [0.25, 0.3) is 0 Å². The summed E-state index contributed by atoms with van der Waals surface area (Å²) in [5.41, 5.74) is 1.52. The molecule has 3 unspecified atom stereocenters. The van der Waals surface area contributed by atoms with Gasteiger partial charge in [-0.15, -0.1) is 23.4 Å². The fraction of sp³-hybridized carbons (Fsp3) is 0.600. The highest BCUT2D eigenvalue weighted by Gasteiger charge is 2.28. The van der Waals surface area contributed by atoms with Crippen LogP contribution >= 0.6 is 23.4 Å². The van der Waals surface area contributed by atoms with Gasteiger partial charge in [-0.05, 0) is 43.2 Å². The molecular formula is C15H21ClS. The maximum absolute atomic E-state index is 6.32. The van der Waals surface area contributed by atoms with Gasteiger partial charge >= 0.3 is 0 Å². The third-order valence-corrected chi connectivity index (χ3v) is 5.36. The SMILES string of the molecule is CC(C)C(CC1Cc2ccccc2S1)C(C)Cl. The molecule has 0 spiro atoms. The van der Waals surface area contributed by atoms with E-state index < -0.39 is 0 Å². The molecule has 17 heavy (non-hydrogen) atoms. The van der Waals surface area contributed by atoms with E-state index in [1.165, 1.54) is 23.3 Å². The van der Waals surface area contributed by atoms with Gasteiger partial charge in [0, 0.05) is 15.5 Å². The Kier molecular flexibility index (Phi) is 4.43. The van der Waals surface area contributed by atoms with Gasteiger partial charge in [-0.2, -0.15) is 0 Å². The summed E-state index contributed by atoms with van der Waals surface area (Å²) in [5.74, 6) is 1.30. The van der Waals surface area contributed by atoms with Crippen LogP contribution in [-0.2, 0) is 6.42 Å². The van der Waals surface area contributed by atoms with Gasteiger partial charge in [-0.25, -0.2) is 0 Å². The number of rotatable bonds is 4. The van der Waals surface area contributed by atoms with Gasteiger partial charge in [0.05, 0.1) is 0 Å². The molecule has 0 fully saturated rings. The second kappa shape index (κ2) is 5.67. The summed E-state index contributed by atoms with van der Waals surface area (Å²) < 4.78 is 0. The lowest BCUT2D eigenvalue weighted by atomic mass is 9.87. The molecule has 0 bridgehead atoms. The Hall–Kier alpha value is -0.140. The Balaban J connectivity index is 1.99. The largest absolute Gasteiger partial charge is 0.123 e. The molecule has 0 N–H and O–H groups in total. The average molecular weight is 269 g/mol. The minimum atomic E-state index is 0.277. The highest BCUT2D eigenvalue weighted by Crippen LogP contribution is 2.41. The van der Waals surface area contributed by atoms with Crippen LogP contribution in [0.4, 0.5) is 0 Å². The van der Waals surface area contributed by atoms with Crippen LogP contribution in [-0.4, -0.2) is 10.6 Å². The number of thioether (sulfide) groups is 1. The predicted octanol–water partition coefficient (Wildman–Crippen LogP) is 4.99. The molecule has 0 amide bonds. The lowest BCUT2D eigenvalue weighted by Crippen LogP contribution is -2.22. The van der Waals surface area contributed by atoms with Crippen molar-refractivity contribution in [2.75, 3.05) is 0 Å². The summed E-state index contributed by atoms with van der Waals surface area (Å²) in [7, 11) is 0. The van der Waals surface area contributed by atoms with E-state index in [9.17, 15) is 0 Å². The number of benzene rings is 1. The molecule has 0 aliphatic carbocycles. The summed E-state index contributed by atoms with van der Waals surface area (Å²) in [6.07, 6.45) is 2.45. The van der Waals surface area contributed by atoms with Crippen LogP contribution in [0.5, 0.6) is 0 Å². The van der Waals surface area contributed by atoms with Crippen molar-refractivity contribution >= 4 is 23.4 Å². The van der Waals surface area contributed by atoms with E-state index >= 15 is 0 Å². The zero-order valence-corrected chi connectivity index (χ0v) is 12.4. The number of alkyl halides is 1. The second-order valence-electron chi connectivity index (χ2n) is 5.37. The molecule has 94 valence electrons. The van der Waals surface area contributed by atoms with Crippen LogP contribution in [0.15, 0.2) is 29.2 Å². The van der Waals surface area contributed by atoms with Crippen molar-refractivity contribution in [3.8, 4) is 0 Å². The molecule has 1 aliphatic rings. The summed E-state index contributed by atoms with van der Waals surface area (Å²) in [5, 5.41) is 1.00. The molecule has 0 radical (unpaired) electrons. The Morgan fingerprint density at radius 1 is 1.29 bits per heavy atom. The quantitative estimate of drug-likeness (QED) is 0.693. The molecule has 2 heteroatoms. The van der Waals surface area contributed by atoms with Gasteiger partial charge in [0.2, 0.25) is 0 Å². The third kappa shape index (κ3) is 3.20. The summed E-state index contributed by atoms with van der Waals surface area (Å²) in [4.78, 5) is 1.47. The van der Waals surface area contributed by atoms with E-state index in [2.05, 4.69) is 45.0 Å². The maximum atomic E-state index is 6.32. The van der Waals surface area contributed by atoms with E-state index in [4.69, 9.17) is 11.6 Å². The van der Waals surface area contributed by atoms with Gasteiger partial charge in [0.1, 0.15) is 0 Å². The summed E-state index contributed by atoms with van der Waals surface area (Å²) in [6, 6.07) is 8.79. The minimum absolute atomic E-state index is 0.277. The molecule has 1 aromatic rings. The van der Waals surface area contributed by atoms with Crippen molar-refractivity contribution < 1.29 is 0 Å². The monoisotopic (exact) mass is 268 g/mol. The topological polar surface area (TPSA) is 0 Å². The fourth-order valence-corrected chi connectivity index (χ4v) is 4.47. The molecule has 0 aromatic heterocycles. The third-order valence-electron chi connectivity index (χ3n) is 3.70. The zero-order chi connectivity index (χ0) is 12.4. The lowest BCUT2D eigenvalue weighted by Gasteiger charge is -2.25. The Morgan fingerprint density at radius 3 is 2.59 bits per heavy atom. The zero-order valence-electron chi connectivity index (χ0n) is 10.8. The number of halogens is 1. The van der Waals surface area contributed by atoms with Crippen molar-refractivity contribution in [3.63, 3.8) is 0 Å². The standard InChI is InChI=1S/C15H21ClS/c1-10(2)14(11(3)16)9-13-8-12-6-4-5-7-15(12)17-13/h4-7,10-11,13-14H,8-9H2,1-3H3. The fourth-order valence-electron chi connectivity index (χ4n) is 2.68. The van der Waals surface area contributed by atoms with E-state index in [1.807, 2.05) is 11.8 Å². The summed E-state index contributed by atoms with van der Waals surface area (Å²) in [6.45, 7) is 6.71. The molecule has 1 heterocycles. The first kappa shape index (κ1) is 13.3. The van der Waals surface area contributed by atoms with Crippen molar-refractivity contribution in [2.45, 2.75) is 49.1 Å². The number of hydrogen-bond donors (Lipinski definition) is 0. The summed E-state index contributed by atoms with van der Waals surface area (Å²) >= 11 is 8.36. The molecule has 0 saturated carbocycles. The Morgan fingerprint density at radius 2 is 2.00 bits per heavy atom. The van der Waals surface area contributed by atoms with Crippen molar-refractivity contribution in [1.29, 1.82) is 0 Å². The van der Waals surface area contributed by atoms with E-state index in [1.54, 1.807) is 0 Å². The number of hydrogen-bond acceptors (Lipinski definition) is 1. The lowest BCUT2D eigenvalue weighted by molar-refractivity contribution is 0.351. The number of fused-ring (bicyclic) bond motifs is 1. The first-order valence-electron chi connectivity index (χ1n) is 6.46. The maximum Gasteiger partial charge on any atom is 0.0338 e. The normalized spacial score (nSPS) is 22.5. The van der Waals surface area contributed by atoms with Crippen LogP contribution in [0.2, 0.25) is 0 Å². The molecular weight excluding hydrogens is 248 g/mol. The molecule has 1 aliphatic heterocycles. The first-order chi connectivity index (χ1) is 8.08. The molecule has 2 rings (SSSR count). The molecule has 3 atom stereocenters. The molecule has 0 nitrogen and oxygen atoms in total. The van der Waals surface area contributed by atoms with Gasteiger partial charge < -0.3 is 0 Å². The highest BCUT2D eigenvalue weighted by atomic mass is 35.5. The van der Waals surface area contributed by atoms with Crippen LogP contribution in [0.1, 0.15) is 32.8 Å². The minimum Gasteiger partial charge on any atom is -0.123 e. The van der Waals surface area contributed by atoms with E-state index in [0.29, 0.717) is 11.8 Å². The smallest absolute Gasteiger partial charge is 0.0338 e. The van der Waals surface area contributed by atoms with E-state index in [0.717, 1.165) is 5.25 Å². The average Bonchev–Trinajstić information content (AvgIpc) is 2.67. The van der Waals surface area contributed by atoms with Crippen LogP contribution in [0.3, 0.4) is 0 Å². The Labute approximate surface area is 114 Å². The first-order valence-corrected chi connectivity index (χ1v) is 7.78. The van der Waals surface area contributed by atoms with Crippen molar-refractivity contribution in [3.05, 3.63) is 29.8 Å². The van der Waals surface area contributed by atoms with Gasteiger partial charge in [-0.1, -0.05) is 32.0 Å². The second-order valence-corrected chi connectivity index (χ2v) is 7.40. The van der Waals surface area contributed by atoms with Gasteiger partial charge in [-0.3, -0.25) is 0 Å². The molecule has 1 aromatic carbocycles. The Bertz CT molecular complexity index is 340. The van der Waals surface area contributed by atoms with E-state index in [-0.39, 0.29) is 5.38 Å².